The molecule has 36 heavy (non-hydrogen) atoms. The van der Waals surface area contributed by atoms with Crippen LogP contribution in [0.4, 0.5) is 4.39 Å². The maximum absolute atomic E-state index is 14.2. The molecule has 3 aromatic carbocycles. The number of carbonyl (C=O) groups is 1. The maximum Gasteiger partial charge on any atom is 0.186 e. The van der Waals surface area contributed by atoms with E-state index in [2.05, 4.69) is 12.1 Å². The fraction of sp³-hybridized carbons (Fsp3) is 0.207. The van der Waals surface area contributed by atoms with Crippen LogP contribution in [-0.2, 0) is 0 Å². The van der Waals surface area contributed by atoms with Crippen LogP contribution in [-0.4, -0.2) is 30.9 Å². The average Bonchev–Trinajstić information content (AvgIpc) is 3.23. The van der Waals surface area contributed by atoms with Gasteiger partial charge in [0.05, 0.1) is 32.4 Å². The molecule has 2 aliphatic rings. The lowest BCUT2D eigenvalue weighted by atomic mass is 9.67. The summed E-state index contributed by atoms with van der Waals surface area (Å²) in [5, 5.41) is 21.1. The molecular formula is C29H22FN3O3. The van der Waals surface area contributed by atoms with Crippen molar-refractivity contribution in [3.05, 3.63) is 101 Å². The SMILES string of the molecule is COc1ccc(C(=O)[C@@H]2[C@H](c3ccc(F)cc3)C(C#N)(C#N)[C@@H]3c4ccccc4C=CN23)cc1OC. The van der Waals surface area contributed by atoms with Crippen molar-refractivity contribution in [1.29, 1.82) is 10.5 Å². The Balaban J connectivity index is 1.74. The largest absolute Gasteiger partial charge is 0.493 e. The van der Waals surface area contributed by atoms with Gasteiger partial charge in [0.2, 0.25) is 0 Å². The van der Waals surface area contributed by atoms with Gasteiger partial charge in [0, 0.05) is 17.7 Å². The number of benzene rings is 3. The van der Waals surface area contributed by atoms with Crippen molar-refractivity contribution in [2.24, 2.45) is 5.41 Å². The molecule has 1 fully saturated rings. The summed E-state index contributed by atoms with van der Waals surface area (Å²) in [7, 11) is 3.00. The molecule has 3 aromatic rings. The molecule has 0 aromatic heterocycles. The molecule has 3 atom stereocenters. The number of nitriles is 2. The summed E-state index contributed by atoms with van der Waals surface area (Å²) < 4.78 is 24.6. The summed E-state index contributed by atoms with van der Waals surface area (Å²) in [5.74, 6) is -0.714. The maximum atomic E-state index is 14.2. The Labute approximate surface area is 208 Å². The monoisotopic (exact) mass is 479 g/mol. The van der Waals surface area contributed by atoms with Crippen LogP contribution in [0.2, 0.25) is 0 Å². The molecule has 0 spiro atoms. The Morgan fingerprint density at radius 1 is 0.972 bits per heavy atom. The summed E-state index contributed by atoms with van der Waals surface area (Å²) in [4.78, 5) is 16.0. The van der Waals surface area contributed by atoms with Crippen LogP contribution >= 0.6 is 0 Å². The number of fused-ring (bicyclic) bond motifs is 3. The van der Waals surface area contributed by atoms with Gasteiger partial charge in [0.1, 0.15) is 11.9 Å². The highest BCUT2D eigenvalue weighted by atomic mass is 19.1. The van der Waals surface area contributed by atoms with Crippen LogP contribution in [0.15, 0.2) is 72.9 Å². The molecule has 0 bridgehead atoms. The topological polar surface area (TPSA) is 86.3 Å². The van der Waals surface area contributed by atoms with Gasteiger partial charge >= 0.3 is 0 Å². The molecule has 0 N–H and O–H groups in total. The Kier molecular flexibility index (Phi) is 5.70. The standard InChI is InChI=1S/C29H22FN3O3/c1-35-23-12-9-20(15-24(23)36-2)27(34)26-25(19-7-10-21(30)11-8-19)29(16-31,17-32)28-22-6-4-3-5-18(22)13-14-33(26)28/h3-15,25-26,28H,1-2H3/t25-,26-,28-/m0/s1. The molecular weight excluding hydrogens is 457 g/mol. The number of methoxy groups -OCH3 is 2. The Morgan fingerprint density at radius 2 is 1.67 bits per heavy atom. The molecule has 0 radical (unpaired) electrons. The van der Waals surface area contributed by atoms with E-state index in [4.69, 9.17) is 9.47 Å². The first-order valence-corrected chi connectivity index (χ1v) is 11.4. The quantitative estimate of drug-likeness (QED) is 0.465. The van der Waals surface area contributed by atoms with Crippen LogP contribution in [0.5, 0.6) is 11.5 Å². The van der Waals surface area contributed by atoms with E-state index in [1.165, 1.54) is 26.4 Å². The number of ketones is 1. The molecule has 5 rings (SSSR count). The number of nitrogens with zero attached hydrogens (tertiary/aromatic N) is 3. The van der Waals surface area contributed by atoms with Crippen molar-refractivity contribution in [2.75, 3.05) is 14.2 Å². The van der Waals surface area contributed by atoms with Crippen molar-refractivity contribution in [2.45, 2.75) is 18.0 Å². The van der Waals surface area contributed by atoms with Crippen molar-refractivity contribution in [1.82, 2.24) is 4.90 Å². The fourth-order valence-corrected chi connectivity index (χ4v) is 5.50. The Bertz CT molecular complexity index is 1440. The first-order chi connectivity index (χ1) is 17.5. The first kappa shape index (κ1) is 23.1. The second-order valence-corrected chi connectivity index (χ2v) is 8.80. The number of Topliss-reactive ketones (excluding diaryl/α,β-unsaturated/α-hetero) is 1. The number of hydrogen-bond donors (Lipinski definition) is 0. The first-order valence-electron chi connectivity index (χ1n) is 11.4. The molecule has 2 heterocycles. The molecule has 0 aliphatic carbocycles. The predicted molar refractivity (Wildman–Crippen MR) is 131 cm³/mol. The third kappa shape index (κ3) is 3.32. The minimum absolute atomic E-state index is 0.285. The predicted octanol–water partition coefficient (Wildman–Crippen LogP) is 5.25. The number of carbonyl (C=O) groups excluding carboxylic acids is 1. The van der Waals surface area contributed by atoms with E-state index in [0.29, 0.717) is 22.6 Å². The minimum Gasteiger partial charge on any atom is -0.493 e. The molecule has 0 saturated carbocycles. The Hall–Kier alpha value is -4.62. The zero-order chi connectivity index (χ0) is 25.4. The highest BCUT2D eigenvalue weighted by Crippen LogP contribution is 2.60. The third-order valence-corrected chi connectivity index (χ3v) is 7.11. The normalized spacial score (nSPS) is 21.0. The van der Waals surface area contributed by atoms with Crippen LogP contribution in [0, 0.1) is 33.9 Å². The van der Waals surface area contributed by atoms with Gasteiger partial charge in [0.15, 0.2) is 22.7 Å². The zero-order valence-electron chi connectivity index (χ0n) is 19.7. The summed E-state index contributed by atoms with van der Waals surface area (Å²) in [5.41, 5.74) is 0.944. The van der Waals surface area contributed by atoms with E-state index in [1.807, 2.05) is 35.2 Å². The summed E-state index contributed by atoms with van der Waals surface area (Å²) in [6.07, 6.45) is 3.66. The second-order valence-electron chi connectivity index (χ2n) is 8.80. The summed E-state index contributed by atoms with van der Waals surface area (Å²) >= 11 is 0. The van der Waals surface area contributed by atoms with Crippen LogP contribution in [0.3, 0.4) is 0 Å². The summed E-state index contributed by atoms with van der Waals surface area (Å²) in [6, 6.07) is 21.0. The number of hydrogen-bond acceptors (Lipinski definition) is 6. The second kappa shape index (κ2) is 8.87. The van der Waals surface area contributed by atoms with E-state index in [9.17, 15) is 19.7 Å². The molecule has 1 saturated heterocycles. The van der Waals surface area contributed by atoms with Gasteiger partial charge in [-0.2, -0.15) is 10.5 Å². The van der Waals surface area contributed by atoms with Crippen molar-refractivity contribution >= 4 is 11.9 Å². The summed E-state index contributed by atoms with van der Waals surface area (Å²) in [6.45, 7) is 0. The van der Waals surface area contributed by atoms with E-state index < -0.39 is 29.2 Å². The van der Waals surface area contributed by atoms with E-state index in [0.717, 1.165) is 11.1 Å². The van der Waals surface area contributed by atoms with Crippen LogP contribution in [0.1, 0.15) is 39.0 Å². The lowest BCUT2D eigenvalue weighted by Gasteiger charge is -2.34. The molecule has 0 amide bonds. The number of ether oxygens (including phenoxy) is 2. The lowest BCUT2D eigenvalue weighted by molar-refractivity contribution is 0.0874. The minimum atomic E-state index is -1.62. The zero-order valence-corrected chi connectivity index (χ0v) is 19.7. The van der Waals surface area contributed by atoms with Crippen molar-refractivity contribution in [3.63, 3.8) is 0 Å². The van der Waals surface area contributed by atoms with Crippen LogP contribution in [0.25, 0.3) is 6.08 Å². The highest BCUT2D eigenvalue weighted by Gasteiger charge is 2.63. The van der Waals surface area contributed by atoms with Crippen molar-refractivity contribution in [3.8, 4) is 23.6 Å². The van der Waals surface area contributed by atoms with Crippen LogP contribution < -0.4 is 9.47 Å². The van der Waals surface area contributed by atoms with Crippen molar-refractivity contribution < 1.29 is 18.7 Å². The molecule has 7 heteroatoms. The van der Waals surface area contributed by atoms with Gasteiger partial charge in [-0.05, 0) is 53.1 Å². The molecule has 2 aliphatic heterocycles. The number of rotatable bonds is 5. The van der Waals surface area contributed by atoms with Gasteiger partial charge in [-0.1, -0.05) is 36.4 Å². The van der Waals surface area contributed by atoms with E-state index in [1.54, 1.807) is 36.5 Å². The molecule has 6 nitrogen and oxygen atoms in total. The van der Waals surface area contributed by atoms with E-state index in [-0.39, 0.29) is 5.78 Å². The third-order valence-electron chi connectivity index (χ3n) is 7.11. The molecule has 178 valence electrons. The van der Waals surface area contributed by atoms with Gasteiger partial charge in [-0.3, -0.25) is 4.79 Å². The highest BCUT2D eigenvalue weighted by molar-refractivity contribution is 6.02. The smallest absolute Gasteiger partial charge is 0.186 e. The Morgan fingerprint density at radius 3 is 2.33 bits per heavy atom. The molecule has 0 unspecified atom stereocenters. The van der Waals surface area contributed by atoms with Gasteiger partial charge in [0.25, 0.3) is 0 Å². The number of halogens is 1. The van der Waals surface area contributed by atoms with Gasteiger partial charge in [-0.25, -0.2) is 4.39 Å². The van der Waals surface area contributed by atoms with Gasteiger partial charge < -0.3 is 14.4 Å². The average molecular weight is 480 g/mol. The van der Waals surface area contributed by atoms with Gasteiger partial charge in [-0.15, -0.1) is 0 Å². The van der Waals surface area contributed by atoms with E-state index >= 15 is 0 Å². The lowest BCUT2D eigenvalue weighted by Crippen LogP contribution is -2.37. The fourth-order valence-electron chi connectivity index (χ4n) is 5.50.